The Hall–Kier alpha value is -2.57. The van der Waals surface area contributed by atoms with Gasteiger partial charge in [0.05, 0.1) is 26.2 Å². The Balaban J connectivity index is 0.00000364. The zero-order valence-electron chi connectivity index (χ0n) is 15.8. The summed E-state index contributed by atoms with van der Waals surface area (Å²) in [5, 5.41) is 2.49. The fourth-order valence-electron chi connectivity index (χ4n) is 2.63. The summed E-state index contributed by atoms with van der Waals surface area (Å²) >= 11 is 0. The van der Waals surface area contributed by atoms with E-state index in [2.05, 4.69) is 5.32 Å². The van der Waals surface area contributed by atoms with Gasteiger partial charge in [0.25, 0.3) is 0 Å². The van der Waals surface area contributed by atoms with Gasteiger partial charge in [-0.15, -0.1) is 12.4 Å². The van der Waals surface area contributed by atoms with Gasteiger partial charge in [0.15, 0.2) is 0 Å². The van der Waals surface area contributed by atoms with Gasteiger partial charge in [0, 0.05) is 12.6 Å². The zero-order chi connectivity index (χ0) is 19.1. The van der Waals surface area contributed by atoms with Gasteiger partial charge in [-0.2, -0.15) is 0 Å². The lowest BCUT2D eigenvalue weighted by Gasteiger charge is -2.25. The number of benzene rings is 2. The van der Waals surface area contributed by atoms with Crippen LogP contribution in [0.25, 0.3) is 11.1 Å². The summed E-state index contributed by atoms with van der Waals surface area (Å²) < 4.78 is 5.41. The molecule has 1 unspecified atom stereocenters. The Kier molecular flexibility index (Phi) is 8.78. The van der Waals surface area contributed by atoms with Crippen LogP contribution in [0.2, 0.25) is 0 Å². The SMILES string of the molecule is COc1ccccc1-c1ccc(C(C)N(C)C(=O)CNC(=O)CN)cc1.Cl. The van der Waals surface area contributed by atoms with E-state index in [1.165, 1.54) is 0 Å². The molecule has 6 nitrogen and oxygen atoms in total. The quantitative estimate of drug-likeness (QED) is 0.758. The molecule has 3 N–H and O–H groups in total. The van der Waals surface area contributed by atoms with Crippen LogP contribution < -0.4 is 15.8 Å². The predicted molar refractivity (Wildman–Crippen MR) is 109 cm³/mol. The second-order valence-corrected chi connectivity index (χ2v) is 5.98. The molecule has 0 saturated heterocycles. The monoisotopic (exact) mass is 391 g/mol. The lowest BCUT2D eigenvalue weighted by Crippen LogP contribution is -2.41. The maximum absolute atomic E-state index is 12.2. The van der Waals surface area contributed by atoms with Crippen molar-refractivity contribution in [3.63, 3.8) is 0 Å². The number of hydrogen-bond donors (Lipinski definition) is 2. The number of para-hydroxylation sites is 1. The van der Waals surface area contributed by atoms with Crippen LogP contribution in [0.15, 0.2) is 48.5 Å². The molecule has 0 heterocycles. The van der Waals surface area contributed by atoms with Gasteiger partial charge in [-0.1, -0.05) is 42.5 Å². The number of likely N-dealkylation sites (N-methyl/N-ethyl adjacent to an activating group) is 1. The van der Waals surface area contributed by atoms with Crippen LogP contribution in [0.4, 0.5) is 0 Å². The van der Waals surface area contributed by atoms with Crippen molar-refractivity contribution in [3.8, 4) is 16.9 Å². The molecule has 0 saturated carbocycles. The average Bonchev–Trinajstić information content (AvgIpc) is 2.70. The summed E-state index contributed by atoms with van der Waals surface area (Å²) in [5.74, 6) is 0.296. The molecule has 2 rings (SSSR count). The van der Waals surface area contributed by atoms with E-state index < -0.39 is 0 Å². The Morgan fingerprint density at radius 3 is 2.37 bits per heavy atom. The third kappa shape index (κ3) is 5.70. The summed E-state index contributed by atoms with van der Waals surface area (Å²) in [7, 11) is 3.37. The van der Waals surface area contributed by atoms with E-state index in [0.29, 0.717) is 0 Å². The minimum absolute atomic E-state index is 0. The van der Waals surface area contributed by atoms with Crippen LogP contribution in [0.1, 0.15) is 18.5 Å². The van der Waals surface area contributed by atoms with Crippen molar-refractivity contribution in [1.29, 1.82) is 0 Å². The Morgan fingerprint density at radius 2 is 1.78 bits per heavy atom. The van der Waals surface area contributed by atoms with Crippen molar-refractivity contribution >= 4 is 24.2 Å². The van der Waals surface area contributed by atoms with Crippen molar-refractivity contribution in [1.82, 2.24) is 10.2 Å². The molecule has 1 atom stereocenters. The van der Waals surface area contributed by atoms with Gasteiger partial charge in [-0.05, 0) is 24.1 Å². The number of nitrogens with one attached hydrogen (secondary N) is 1. The molecule has 0 aliphatic carbocycles. The van der Waals surface area contributed by atoms with Gasteiger partial charge in [-0.25, -0.2) is 0 Å². The molecule has 2 aromatic rings. The molecule has 2 amide bonds. The molecule has 146 valence electrons. The van der Waals surface area contributed by atoms with E-state index in [0.717, 1.165) is 22.4 Å². The number of methoxy groups -OCH3 is 1. The number of rotatable bonds is 7. The standard InChI is InChI=1S/C20H25N3O3.ClH/c1-14(23(2)20(25)13-22-19(24)12-21)15-8-10-16(11-9-15)17-6-4-5-7-18(17)26-3;/h4-11,14H,12-13,21H2,1-3H3,(H,22,24);1H. The number of carbonyl (C=O) groups excluding carboxylic acids is 2. The van der Waals surface area contributed by atoms with Gasteiger partial charge in [-0.3, -0.25) is 9.59 Å². The smallest absolute Gasteiger partial charge is 0.242 e. The molecule has 7 heteroatoms. The molecule has 0 aliphatic heterocycles. The first kappa shape index (κ1) is 22.5. The van der Waals surface area contributed by atoms with E-state index in [-0.39, 0.29) is 43.4 Å². The number of carbonyl (C=O) groups is 2. The highest BCUT2D eigenvalue weighted by molar-refractivity contribution is 5.86. The van der Waals surface area contributed by atoms with Gasteiger partial charge in [0.1, 0.15) is 5.75 Å². The van der Waals surface area contributed by atoms with Crippen LogP contribution in [-0.4, -0.2) is 44.0 Å². The third-order valence-corrected chi connectivity index (χ3v) is 4.41. The maximum atomic E-state index is 12.2. The van der Waals surface area contributed by atoms with Crippen LogP contribution in [0.3, 0.4) is 0 Å². The van der Waals surface area contributed by atoms with Crippen molar-refractivity contribution in [3.05, 3.63) is 54.1 Å². The van der Waals surface area contributed by atoms with E-state index >= 15 is 0 Å². The number of amides is 2. The number of hydrogen-bond acceptors (Lipinski definition) is 4. The van der Waals surface area contributed by atoms with Gasteiger partial charge < -0.3 is 20.7 Å². The fraction of sp³-hybridized carbons (Fsp3) is 0.300. The number of nitrogens with zero attached hydrogens (tertiary/aromatic N) is 1. The molecular formula is C20H26ClN3O3. The summed E-state index contributed by atoms with van der Waals surface area (Å²) in [6.45, 7) is 1.76. The second kappa shape index (κ2) is 10.5. The minimum atomic E-state index is -0.347. The maximum Gasteiger partial charge on any atom is 0.242 e. The normalized spacial score (nSPS) is 11.1. The van der Waals surface area contributed by atoms with Crippen molar-refractivity contribution in [2.45, 2.75) is 13.0 Å². The Bertz CT molecular complexity index is 765. The minimum Gasteiger partial charge on any atom is -0.496 e. The number of nitrogens with two attached hydrogens (primary N) is 1. The molecule has 0 bridgehead atoms. The van der Waals surface area contributed by atoms with Crippen molar-refractivity contribution < 1.29 is 14.3 Å². The Morgan fingerprint density at radius 1 is 1.15 bits per heavy atom. The highest BCUT2D eigenvalue weighted by Gasteiger charge is 2.18. The van der Waals surface area contributed by atoms with Crippen LogP contribution >= 0.6 is 12.4 Å². The molecule has 0 radical (unpaired) electrons. The highest BCUT2D eigenvalue weighted by Crippen LogP contribution is 2.30. The third-order valence-electron chi connectivity index (χ3n) is 4.41. The molecule has 2 aromatic carbocycles. The first-order chi connectivity index (χ1) is 12.5. The highest BCUT2D eigenvalue weighted by atomic mass is 35.5. The molecule has 0 aromatic heterocycles. The van der Waals surface area contributed by atoms with Crippen molar-refractivity contribution in [2.24, 2.45) is 5.73 Å². The molecule has 0 aliphatic rings. The zero-order valence-corrected chi connectivity index (χ0v) is 16.6. The molecule has 27 heavy (non-hydrogen) atoms. The van der Waals surface area contributed by atoms with E-state index in [1.54, 1.807) is 19.1 Å². The predicted octanol–water partition coefficient (Wildman–Crippen LogP) is 2.38. The number of ether oxygens (including phenoxy) is 1. The molecule has 0 fully saturated rings. The summed E-state index contributed by atoms with van der Waals surface area (Å²) in [6.07, 6.45) is 0. The summed E-state index contributed by atoms with van der Waals surface area (Å²) in [6, 6.07) is 15.7. The van der Waals surface area contributed by atoms with E-state index in [1.807, 2.05) is 55.5 Å². The van der Waals surface area contributed by atoms with Crippen LogP contribution in [0.5, 0.6) is 5.75 Å². The number of halogens is 1. The van der Waals surface area contributed by atoms with Gasteiger partial charge >= 0.3 is 0 Å². The first-order valence-electron chi connectivity index (χ1n) is 8.43. The lowest BCUT2D eigenvalue weighted by molar-refractivity contribution is -0.133. The molecule has 0 spiro atoms. The van der Waals surface area contributed by atoms with E-state index in [4.69, 9.17) is 10.5 Å². The van der Waals surface area contributed by atoms with E-state index in [9.17, 15) is 9.59 Å². The van der Waals surface area contributed by atoms with Crippen molar-refractivity contribution in [2.75, 3.05) is 27.2 Å². The van der Waals surface area contributed by atoms with Crippen LogP contribution in [0, 0.1) is 0 Å². The summed E-state index contributed by atoms with van der Waals surface area (Å²) in [4.78, 5) is 25.0. The first-order valence-corrected chi connectivity index (χ1v) is 8.43. The largest absolute Gasteiger partial charge is 0.496 e. The molecular weight excluding hydrogens is 366 g/mol. The summed E-state index contributed by atoms with van der Waals surface area (Å²) in [5.41, 5.74) is 8.29. The lowest BCUT2D eigenvalue weighted by atomic mass is 10.00. The van der Waals surface area contributed by atoms with Crippen LogP contribution in [-0.2, 0) is 9.59 Å². The second-order valence-electron chi connectivity index (χ2n) is 5.98. The average molecular weight is 392 g/mol. The Labute approximate surface area is 166 Å². The topological polar surface area (TPSA) is 84.7 Å². The van der Waals surface area contributed by atoms with Gasteiger partial charge in [0.2, 0.25) is 11.8 Å². The fourth-order valence-corrected chi connectivity index (χ4v) is 2.63.